The first-order chi connectivity index (χ1) is 10.5. The molecule has 5 heteroatoms. The SMILES string of the molecule is Cc1ccsc1CN(C)CC(=O)N[C@H](C)c1ccc(Cl)cc1. The van der Waals surface area contributed by atoms with Crippen LogP contribution in [0.1, 0.15) is 29.0 Å². The molecule has 0 saturated carbocycles. The summed E-state index contributed by atoms with van der Waals surface area (Å²) in [5.74, 6) is 0.0270. The Morgan fingerprint density at radius 3 is 2.59 bits per heavy atom. The van der Waals surface area contributed by atoms with E-state index in [1.54, 1.807) is 11.3 Å². The Balaban J connectivity index is 1.84. The predicted octanol–water partition coefficient (Wildman–Crippen LogP) is 4.02. The summed E-state index contributed by atoms with van der Waals surface area (Å²) in [6, 6.07) is 9.63. The number of likely N-dealkylation sites (N-methyl/N-ethyl adjacent to an activating group) is 1. The Morgan fingerprint density at radius 2 is 2.00 bits per heavy atom. The van der Waals surface area contributed by atoms with Crippen LogP contribution in [0.5, 0.6) is 0 Å². The molecule has 3 nitrogen and oxygen atoms in total. The van der Waals surface area contributed by atoms with Crippen LogP contribution in [0.2, 0.25) is 5.02 Å². The quantitative estimate of drug-likeness (QED) is 0.864. The number of carbonyl (C=O) groups excluding carboxylic acids is 1. The van der Waals surface area contributed by atoms with Gasteiger partial charge in [-0.2, -0.15) is 0 Å². The number of hydrogen-bond acceptors (Lipinski definition) is 3. The van der Waals surface area contributed by atoms with Crippen LogP contribution in [0.25, 0.3) is 0 Å². The molecule has 0 radical (unpaired) electrons. The fourth-order valence-electron chi connectivity index (χ4n) is 2.23. The number of amides is 1. The van der Waals surface area contributed by atoms with Crippen molar-refractivity contribution in [1.82, 2.24) is 10.2 Å². The van der Waals surface area contributed by atoms with Crippen molar-refractivity contribution in [2.45, 2.75) is 26.4 Å². The first kappa shape index (κ1) is 17.0. The maximum atomic E-state index is 12.1. The monoisotopic (exact) mass is 336 g/mol. The minimum atomic E-state index is -0.0263. The van der Waals surface area contributed by atoms with E-state index in [4.69, 9.17) is 11.6 Å². The summed E-state index contributed by atoms with van der Waals surface area (Å²) in [7, 11) is 1.96. The number of rotatable bonds is 6. The molecule has 0 aliphatic heterocycles. The smallest absolute Gasteiger partial charge is 0.234 e. The van der Waals surface area contributed by atoms with E-state index in [0.29, 0.717) is 11.6 Å². The molecular weight excluding hydrogens is 316 g/mol. The van der Waals surface area contributed by atoms with Gasteiger partial charge in [0.1, 0.15) is 0 Å². The molecule has 1 atom stereocenters. The maximum absolute atomic E-state index is 12.1. The van der Waals surface area contributed by atoms with E-state index < -0.39 is 0 Å². The number of carbonyl (C=O) groups is 1. The molecule has 1 aromatic heterocycles. The lowest BCUT2D eigenvalue weighted by atomic mass is 10.1. The second-order valence-corrected chi connectivity index (χ2v) is 6.98. The molecule has 0 bridgehead atoms. The molecular formula is C17H21ClN2OS. The van der Waals surface area contributed by atoms with Gasteiger partial charge in [0, 0.05) is 16.4 Å². The van der Waals surface area contributed by atoms with E-state index in [9.17, 15) is 4.79 Å². The number of nitrogens with zero attached hydrogens (tertiary/aromatic N) is 1. The van der Waals surface area contributed by atoms with Crippen molar-refractivity contribution in [3.05, 3.63) is 56.7 Å². The Hall–Kier alpha value is -1.36. The molecule has 2 rings (SSSR count). The Morgan fingerprint density at radius 1 is 1.32 bits per heavy atom. The van der Waals surface area contributed by atoms with Gasteiger partial charge in [-0.3, -0.25) is 9.69 Å². The van der Waals surface area contributed by atoms with Gasteiger partial charge in [-0.1, -0.05) is 23.7 Å². The number of aryl methyl sites for hydroxylation is 1. The van der Waals surface area contributed by atoms with E-state index in [0.717, 1.165) is 12.1 Å². The third-order valence-electron chi connectivity index (χ3n) is 3.54. The summed E-state index contributed by atoms with van der Waals surface area (Å²) in [5, 5.41) is 5.81. The number of nitrogens with one attached hydrogen (secondary N) is 1. The lowest BCUT2D eigenvalue weighted by Crippen LogP contribution is -2.36. The van der Waals surface area contributed by atoms with E-state index in [1.807, 2.05) is 43.1 Å². The van der Waals surface area contributed by atoms with E-state index in [-0.39, 0.29) is 11.9 Å². The summed E-state index contributed by atoms with van der Waals surface area (Å²) in [5.41, 5.74) is 2.33. The van der Waals surface area contributed by atoms with Crippen molar-refractivity contribution >= 4 is 28.8 Å². The Kier molecular flexibility index (Phi) is 6.00. The normalized spacial score (nSPS) is 12.4. The third-order valence-corrected chi connectivity index (χ3v) is 4.80. The maximum Gasteiger partial charge on any atom is 0.234 e. The van der Waals surface area contributed by atoms with Crippen LogP contribution < -0.4 is 5.32 Å². The van der Waals surface area contributed by atoms with Crippen molar-refractivity contribution in [2.75, 3.05) is 13.6 Å². The molecule has 1 amide bonds. The van der Waals surface area contributed by atoms with Gasteiger partial charge >= 0.3 is 0 Å². The second-order valence-electron chi connectivity index (χ2n) is 5.54. The van der Waals surface area contributed by atoms with Gasteiger partial charge in [0.2, 0.25) is 5.91 Å². The lowest BCUT2D eigenvalue weighted by molar-refractivity contribution is -0.122. The molecule has 118 valence electrons. The second kappa shape index (κ2) is 7.77. The van der Waals surface area contributed by atoms with E-state index in [2.05, 4.69) is 23.7 Å². The fraction of sp³-hybridized carbons (Fsp3) is 0.353. The molecule has 0 aliphatic carbocycles. The number of benzene rings is 1. The molecule has 22 heavy (non-hydrogen) atoms. The van der Waals surface area contributed by atoms with Gasteiger partial charge in [0.05, 0.1) is 12.6 Å². The summed E-state index contributed by atoms with van der Waals surface area (Å²) >= 11 is 7.61. The fourth-order valence-corrected chi connectivity index (χ4v) is 3.35. The number of hydrogen-bond donors (Lipinski definition) is 1. The summed E-state index contributed by atoms with van der Waals surface area (Å²) in [4.78, 5) is 15.5. The standard InChI is InChI=1S/C17H21ClN2OS/c1-12-8-9-22-16(12)10-20(3)11-17(21)19-13(2)14-4-6-15(18)7-5-14/h4-9,13H,10-11H2,1-3H3,(H,19,21)/t13-/m1/s1. The number of halogens is 1. The van der Waals surface area contributed by atoms with Crippen LogP contribution in [0.3, 0.4) is 0 Å². The van der Waals surface area contributed by atoms with Crippen LogP contribution in [0.15, 0.2) is 35.7 Å². The van der Waals surface area contributed by atoms with E-state index >= 15 is 0 Å². The molecule has 0 fully saturated rings. The van der Waals surface area contributed by atoms with Crippen LogP contribution in [0, 0.1) is 6.92 Å². The molecule has 0 unspecified atom stereocenters. The predicted molar refractivity (Wildman–Crippen MR) is 93.4 cm³/mol. The zero-order valence-corrected chi connectivity index (χ0v) is 14.7. The highest BCUT2D eigenvalue weighted by Crippen LogP contribution is 2.18. The molecule has 1 aromatic carbocycles. The topological polar surface area (TPSA) is 32.3 Å². The molecule has 0 aliphatic rings. The first-order valence-corrected chi connectivity index (χ1v) is 8.48. The average molecular weight is 337 g/mol. The Labute approximate surface area is 140 Å². The Bertz CT molecular complexity index is 624. The molecule has 0 saturated heterocycles. The summed E-state index contributed by atoms with van der Waals surface area (Å²) in [6.07, 6.45) is 0. The third kappa shape index (κ3) is 4.83. The van der Waals surface area contributed by atoms with Gasteiger partial charge in [-0.15, -0.1) is 11.3 Å². The van der Waals surface area contributed by atoms with Crippen molar-refractivity contribution in [2.24, 2.45) is 0 Å². The van der Waals surface area contributed by atoms with Gasteiger partial charge in [-0.05, 0) is 55.6 Å². The highest BCUT2D eigenvalue weighted by atomic mass is 35.5. The minimum absolute atomic E-state index is 0.0263. The van der Waals surface area contributed by atoms with Crippen molar-refractivity contribution in [3.8, 4) is 0 Å². The summed E-state index contributed by atoms with van der Waals surface area (Å²) in [6.45, 7) is 5.26. The molecule has 1 heterocycles. The minimum Gasteiger partial charge on any atom is -0.348 e. The van der Waals surface area contributed by atoms with Crippen LogP contribution >= 0.6 is 22.9 Å². The van der Waals surface area contributed by atoms with Crippen LogP contribution in [-0.4, -0.2) is 24.4 Å². The number of thiophene rings is 1. The van der Waals surface area contributed by atoms with Crippen LogP contribution in [0.4, 0.5) is 0 Å². The van der Waals surface area contributed by atoms with Gasteiger partial charge in [-0.25, -0.2) is 0 Å². The van der Waals surface area contributed by atoms with Crippen molar-refractivity contribution < 1.29 is 4.79 Å². The highest BCUT2D eigenvalue weighted by Gasteiger charge is 2.12. The lowest BCUT2D eigenvalue weighted by Gasteiger charge is -2.19. The highest BCUT2D eigenvalue weighted by molar-refractivity contribution is 7.10. The summed E-state index contributed by atoms with van der Waals surface area (Å²) < 4.78 is 0. The average Bonchev–Trinajstić information content (AvgIpc) is 2.84. The van der Waals surface area contributed by atoms with Crippen molar-refractivity contribution in [3.63, 3.8) is 0 Å². The zero-order valence-electron chi connectivity index (χ0n) is 13.1. The first-order valence-electron chi connectivity index (χ1n) is 7.22. The van der Waals surface area contributed by atoms with Crippen molar-refractivity contribution in [1.29, 1.82) is 0 Å². The molecule has 1 N–H and O–H groups in total. The largest absolute Gasteiger partial charge is 0.348 e. The van der Waals surface area contributed by atoms with E-state index in [1.165, 1.54) is 10.4 Å². The molecule has 0 spiro atoms. The van der Waals surface area contributed by atoms with Crippen LogP contribution in [-0.2, 0) is 11.3 Å². The van der Waals surface area contributed by atoms with Gasteiger partial charge < -0.3 is 5.32 Å². The molecule has 2 aromatic rings. The van der Waals surface area contributed by atoms with Gasteiger partial charge in [0.25, 0.3) is 0 Å². The zero-order chi connectivity index (χ0) is 16.1. The van der Waals surface area contributed by atoms with Gasteiger partial charge in [0.15, 0.2) is 0 Å².